The molecule has 2 N–H and O–H groups in total. The molecule has 0 saturated carbocycles. The molecule has 0 bridgehead atoms. The number of aliphatic hydroxyl groups is 1. The van der Waals surface area contributed by atoms with E-state index in [0.717, 1.165) is 5.56 Å². The van der Waals surface area contributed by atoms with Crippen LogP contribution in [0.25, 0.3) is 0 Å². The summed E-state index contributed by atoms with van der Waals surface area (Å²) in [4.78, 5) is 0.165. The smallest absolute Gasteiger partial charge is 0.241 e. The lowest BCUT2D eigenvalue weighted by atomic mass is 10.1. The van der Waals surface area contributed by atoms with Gasteiger partial charge in [0.15, 0.2) is 0 Å². The molecule has 1 rings (SSSR count). The van der Waals surface area contributed by atoms with E-state index >= 15 is 0 Å². The van der Waals surface area contributed by atoms with Gasteiger partial charge < -0.3 is 5.11 Å². The maximum atomic E-state index is 12.4. The van der Waals surface area contributed by atoms with Crippen molar-refractivity contribution >= 4 is 37.7 Å². The fourth-order valence-electron chi connectivity index (χ4n) is 1.51. The maximum absolute atomic E-state index is 12.4. The molecule has 0 amide bonds. The molecule has 0 aliphatic rings. The first-order chi connectivity index (χ1) is 9.13. The fraction of sp³-hybridized carbons (Fsp3) is 0.538. The predicted molar refractivity (Wildman–Crippen MR) is 87.6 cm³/mol. The Labute approximate surface area is 133 Å². The number of aryl methyl sites for hydroxylation is 1. The first-order valence-electron chi connectivity index (χ1n) is 6.07. The summed E-state index contributed by atoms with van der Waals surface area (Å²) in [5, 5.41) is 9.21. The van der Waals surface area contributed by atoms with E-state index in [1.165, 1.54) is 6.07 Å². The minimum Gasteiger partial charge on any atom is -0.392 e. The van der Waals surface area contributed by atoms with Crippen molar-refractivity contribution in [3.05, 3.63) is 27.7 Å². The molecule has 4 nitrogen and oxygen atoms in total. The van der Waals surface area contributed by atoms with Gasteiger partial charge in [-0.1, -0.05) is 6.07 Å². The topological polar surface area (TPSA) is 66.4 Å². The molecule has 114 valence electrons. The molecule has 0 aliphatic heterocycles. The lowest BCUT2D eigenvalue weighted by Gasteiger charge is -2.22. The van der Waals surface area contributed by atoms with Gasteiger partial charge in [0.1, 0.15) is 0 Å². The van der Waals surface area contributed by atoms with Crippen molar-refractivity contribution < 1.29 is 13.5 Å². The second kappa shape index (κ2) is 6.79. The van der Waals surface area contributed by atoms with Gasteiger partial charge in [-0.3, -0.25) is 0 Å². The van der Waals surface area contributed by atoms with Gasteiger partial charge in [0, 0.05) is 15.8 Å². The normalized spacial score (nSPS) is 12.7. The summed E-state index contributed by atoms with van der Waals surface area (Å²) >= 11 is 4.91. The minimum atomic E-state index is -3.61. The highest BCUT2D eigenvalue weighted by Gasteiger charge is 2.24. The summed E-state index contributed by atoms with van der Waals surface area (Å²) in [6.07, 6.45) is 1.95. The van der Waals surface area contributed by atoms with Crippen LogP contribution in [0.3, 0.4) is 0 Å². The minimum absolute atomic E-state index is 0.165. The van der Waals surface area contributed by atoms with Gasteiger partial charge in [0.2, 0.25) is 10.0 Å². The third kappa shape index (κ3) is 4.46. The third-order valence-electron chi connectivity index (χ3n) is 2.99. The van der Waals surface area contributed by atoms with Crippen LogP contribution in [0.15, 0.2) is 21.5 Å². The highest BCUT2D eigenvalue weighted by molar-refractivity contribution is 9.10. The van der Waals surface area contributed by atoms with E-state index in [1.807, 2.05) is 20.1 Å². The third-order valence-corrected chi connectivity index (χ3v) is 6.98. The monoisotopic (exact) mass is 381 g/mol. The van der Waals surface area contributed by atoms with Crippen molar-refractivity contribution in [3.8, 4) is 0 Å². The van der Waals surface area contributed by atoms with Crippen molar-refractivity contribution in [3.63, 3.8) is 0 Å². The molecule has 0 unspecified atom stereocenters. The molecule has 20 heavy (non-hydrogen) atoms. The summed E-state index contributed by atoms with van der Waals surface area (Å²) in [6, 6.07) is 3.25. The Morgan fingerprint density at radius 3 is 2.50 bits per heavy atom. The molecule has 7 heteroatoms. The van der Waals surface area contributed by atoms with Gasteiger partial charge in [-0.05, 0) is 60.2 Å². The number of hydrogen-bond donors (Lipinski definition) is 2. The van der Waals surface area contributed by atoms with Crippen LogP contribution in [0.4, 0.5) is 0 Å². The van der Waals surface area contributed by atoms with Gasteiger partial charge in [-0.15, -0.1) is 0 Å². The van der Waals surface area contributed by atoms with Crippen LogP contribution in [0.2, 0.25) is 0 Å². The summed E-state index contributed by atoms with van der Waals surface area (Å²) in [5.41, 5.74) is 1.36. The van der Waals surface area contributed by atoms with Gasteiger partial charge >= 0.3 is 0 Å². The average molecular weight is 382 g/mol. The number of aliphatic hydroxyl groups excluding tert-OH is 1. The summed E-state index contributed by atoms with van der Waals surface area (Å²) in [7, 11) is -3.61. The Kier molecular flexibility index (Phi) is 6.10. The second-order valence-electron chi connectivity index (χ2n) is 5.17. The highest BCUT2D eigenvalue weighted by Crippen LogP contribution is 2.28. The van der Waals surface area contributed by atoms with Crippen LogP contribution in [-0.2, 0) is 16.6 Å². The molecule has 0 spiro atoms. The molecule has 0 aliphatic carbocycles. The molecular weight excluding hydrogens is 362 g/mol. The first kappa shape index (κ1) is 18.0. The number of hydrogen-bond acceptors (Lipinski definition) is 4. The number of thioether (sulfide) groups is 1. The summed E-state index contributed by atoms with van der Waals surface area (Å²) in [5.74, 6) is 0. The Morgan fingerprint density at radius 1 is 1.40 bits per heavy atom. The van der Waals surface area contributed by atoms with Crippen molar-refractivity contribution in [2.75, 3.05) is 12.8 Å². The van der Waals surface area contributed by atoms with Crippen LogP contribution in [0, 0.1) is 6.92 Å². The SMILES string of the molecule is CSC(C)(C)CNS(=O)(=O)c1cc(CO)cc(C)c1Br. The van der Waals surface area contributed by atoms with Crippen molar-refractivity contribution in [1.29, 1.82) is 0 Å². The summed E-state index contributed by atoms with van der Waals surface area (Å²) < 4.78 is 27.8. The van der Waals surface area contributed by atoms with Gasteiger partial charge in [-0.25, -0.2) is 13.1 Å². The Hall–Kier alpha value is -0.0800. The van der Waals surface area contributed by atoms with E-state index in [9.17, 15) is 13.5 Å². The fourth-order valence-corrected chi connectivity index (χ4v) is 4.10. The molecule has 1 aromatic carbocycles. The Balaban J connectivity index is 3.13. The van der Waals surface area contributed by atoms with Crippen molar-refractivity contribution in [2.45, 2.75) is 37.0 Å². The van der Waals surface area contributed by atoms with Crippen LogP contribution in [0.5, 0.6) is 0 Å². The van der Waals surface area contributed by atoms with E-state index in [0.29, 0.717) is 16.6 Å². The number of rotatable bonds is 6. The van der Waals surface area contributed by atoms with E-state index < -0.39 is 10.0 Å². The number of nitrogens with one attached hydrogen (secondary N) is 1. The van der Waals surface area contributed by atoms with Crippen molar-refractivity contribution in [1.82, 2.24) is 4.72 Å². The molecule has 0 atom stereocenters. The van der Waals surface area contributed by atoms with Crippen LogP contribution >= 0.6 is 27.7 Å². The van der Waals surface area contributed by atoms with E-state index in [2.05, 4.69) is 20.7 Å². The van der Waals surface area contributed by atoms with Crippen LogP contribution < -0.4 is 4.72 Å². The maximum Gasteiger partial charge on any atom is 0.241 e. The zero-order chi connectivity index (χ0) is 15.6. The Bertz CT molecular complexity index is 586. The molecular formula is C13H20BrNO3S2. The number of benzene rings is 1. The molecule has 0 fully saturated rings. The van der Waals surface area contributed by atoms with E-state index in [-0.39, 0.29) is 16.2 Å². The van der Waals surface area contributed by atoms with Gasteiger partial charge in [0.25, 0.3) is 0 Å². The molecule has 1 aromatic rings. The molecule has 0 aromatic heterocycles. The van der Waals surface area contributed by atoms with E-state index in [1.54, 1.807) is 24.8 Å². The van der Waals surface area contributed by atoms with Crippen LogP contribution in [0.1, 0.15) is 25.0 Å². The van der Waals surface area contributed by atoms with Crippen LogP contribution in [-0.4, -0.2) is 31.1 Å². The van der Waals surface area contributed by atoms with Gasteiger partial charge in [0.05, 0.1) is 11.5 Å². The average Bonchev–Trinajstić information content (AvgIpc) is 2.39. The van der Waals surface area contributed by atoms with Crippen molar-refractivity contribution in [2.24, 2.45) is 0 Å². The Morgan fingerprint density at radius 2 is 2.00 bits per heavy atom. The second-order valence-corrected chi connectivity index (χ2v) is 9.21. The summed E-state index contributed by atoms with van der Waals surface area (Å²) in [6.45, 7) is 5.90. The van der Waals surface area contributed by atoms with E-state index in [4.69, 9.17) is 0 Å². The highest BCUT2D eigenvalue weighted by atomic mass is 79.9. The first-order valence-corrected chi connectivity index (χ1v) is 9.58. The molecule has 0 heterocycles. The lowest BCUT2D eigenvalue weighted by molar-refractivity contribution is 0.281. The molecule has 0 radical (unpaired) electrons. The largest absolute Gasteiger partial charge is 0.392 e. The standard InChI is InChI=1S/C13H20BrNO3S2/c1-9-5-10(7-16)6-11(12(9)14)20(17,18)15-8-13(2,3)19-4/h5-6,15-16H,7-8H2,1-4H3. The lowest BCUT2D eigenvalue weighted by Crippen LogP contribution is -2.36. The molecule has 0 saturated heterocycles. The quantitative estimate of drug-likeness (QED) is 0.794. The zero-order valence-corrected chi connectivity index (χ0v) is 15.2. The number of halogens is 1. The zero-order valence-electron chi connectivity index (χ0n) is 12.0. The number of sulfonamides is 1. The predicted octanol–water partition coefficient (Wildman–Crippen LogP) is 2.67. The van der Waals surface area contributed by atoms with Gasteiger partial charge in [-0.2, -0.15) is 11.8 Å².